The number of benzene rings is 1. The molecule has 1 fully saturated rings. The number of likely N-dealkylation sites (tertiary alicyclic amines) is 1. The number of anilines is 1. The van der Waals surface area contributed by atoms with Gasteiger partial charge in [0.25, 0.3) is 5.91 Å². The highest BCUT2D eigenvalue weighted by Gasteiger charge is 2.23. The molecular formula is C19H29N3O2. The van der Waals surface area contributed by atoms with E-state index >= 15 is 0 Å². The highest BCUT2D eigenvalue weighted by molar-refractivity contribution is 5.97. The van der Waals surface area contributed by atoms with Crippen LogP contribution in [0.5, 0.6) is 0 Å². The third-order valence-corrected chi connectivity index (χ3v) is 4.34. The van der Waals surface area contributed by atoms with E-state index < -0.39 is 0 Å². The van der Waals surface area contributed by atoms with Gasteiger partial charge >= 0.3 is 0 Å². The van der Waals surface area contributed by atoms with Gasteiger partial charge in [-0.2, -0.15) is 0 Å². The van der Waals surface area contributed by atoms with Crippen molar-refractivity contribution in [2.75, 3.05) is 31.5 Å². The van der Waals surface area contributed by atoms with E-state index in [0.717, 1.165) is 43.9 Å². The summed E-state index contributed by atoms with van der Waals surface area (Å²) in [5.41, 5.74) is 2.25. The fourth-order valence-corrected chi connectivity index (χ4v) is 3.29. The maximum absolute atomic E-state index is 12.4. The summed E-state index contributed by atoms with van der Waals surface area (Å²) in [5, 5.41) is 5.80. The molecule has 0 unspecified atom stereocenters. The largest absolute Gasteiger partial charge is 0.352 e. The maximum atomic E-state index is 12.4. The Hall–Kier alpha value is -1.88. The van der Waals surface area contributed by atoms with Gasteiger partial charge in [0.05, 0.1) is 0 Å². The Morgan fingerprint density at radius 1 is 1.33 bits per heavy atom. The molecule has 1 atom stereocenters. The number of rotatable bonds is 6. The highest BCUT2D eigenvalue weighted by atomic mass is 16.2. The van der Waals surface area contributed by atoms with Gasteiger partial charge in [-0.15, -0.1) is 0 Å². The van der Waals surface area contributed by atoms with Crippen LogP contribution in [-0.4, -0.2) is 42.9 Å². The first-order valence-corrected chi connectivity index (χ1v) is 8.74. The van der Waals surface area contributed by atoms with Crippen molar-refractivity contribution < 1.29 is 9.59 Å². The molecule has 2 amide bonds. The van der Waals surface area contributed by atoms with Crippen LogP contribution in [0.2, 0.25) is 0 Å². The van der Waals surface area contributed by atoms with Crippen LogP contribution in [0.15, 0.2) is 18.2 Å². The fraction of sp³-hybridized carbons (Fsp3) is 0.579. The first kappa shape index (κ1) is 18.5. The standard InChI is InChI=1S/C19H29N3O2/c1-13(2)11-22-8-7-16(12-22)10-20-19(24)18-6-5-17(9-14(18)3)21-15(4)23/h5-6,9,13,16H,7-8,10-12H2,1-4H3,(H,20,24)(H,21,23)/t16-/m1/s1. The minimum absolute atomic E-state index is 0.0378. The molecule has 0 radical (unpaired) electrons. The van der Waals surface area contributed by atoms with Gasteiger partial charge in [0, 0.05) is 37.8 Å². The Kier molecular flexibility index (Phi) is 6.37. The first-order chi connectivity index (χ1) is 11.3. The van der Waals surface area contributed by atoms with E-state index in [-0.39, 0.29) is 11.8 Å². The normalized spacial score (nSPS) is 18.0. The summed E-state index contributed by atoms with van der Waals surface area (Å²) in [7, 11) is 0. The van der Waals surface area contributed by atoms with Crippen LogP contribution in [0.25, 0.3) is 0 Å². The molecule has 1 aromatic carbocycles. The topological polar surface area (TPSA) is 61.4 Å². The molecule has 0 saturated carbocycles. The van der Waals surface area contributed by atoms with Crippen LogP contribution >= 0.6 is 0 Å². The molecule has 0 aliphatic carbocycles. The van der Waals surface area contributed by atoms with Crippen LogP contribution < -0.4 is 10.6 Å². The summed E-state index contributed by atoms with van der Waals surface area (Å²) in [5.74, 6) is 1.07. The highest BCUT2D eigenvalue weighted by Crippen LogP contribution is 2.18. The Morgan fingerprint density at radius 2 is 2.08 bits per heavy atom. The second-order valence-electron chi connectivity index (χ2n) is 7.23. The summed E-state index contributed by atoms with van der Waals surface area (Å²) in [6.45, 7) is 11.9. The van der Waals surface area contributed by atoms with Crippen LogP contribution in [0.3, 0.4) is 0 Å². The van der Waals surface area contributed by atoms with Gasteiger partial charge in [-0.3, -0.25) is 9.59 Å². The van der Waals surface area contributed by atoms with Crippen molar-refractivity contribution in [1.29, 1.82) is 0 Å². The zero-order valence-corrected chi connectivity index (χ0v) is 15.2. The number of amides is 2. The second kappa shape index (κ2) is 8.29. The molecule has 1 saturated heterocycles. The second-order valence-corrected chi connectivity index (χ2v) is 7.23. The molecule has 0 spiro atoms. The predicted octanol–water partition coefficient (Wildman–Crippen LogP) is 2.66. The third-order valence-electron chi connectivity index (χ3n) is 4.34. The van der Waals surface area contributed by atoms with Crippen molar-refractivity contribution in [3.63, 3.8) is 0 Å². The summed E-state index contributed by atoms with van der Waals surface area (Å²) in [6.07, 6.45) is 1.15. The Morgan fingerprint density at radius 3 is 2.71 bits per heavy atom. The quantitative estimate of drug-likeness (QED) is 0.842. The van der Waals surface area contributed by atoms with Crippen LogP contribution in [-0.2, 0) is 4.79 Å². The summed E-state index contributed by atoms with van der Waals surface area (Å²) >= 11 is 0. The molecule has 5 nitrogen and oxygen atoms in total. The lowest BCUT2D eigenvalue weighted by Gasteiger charge is -2.18. The van der Waals surface area contributed by atoms with E-state index in [0.29, 0.717) is 17.4 Å². The molecule has 5 heteroatoms. The minimum atomic E-state index is -0.112. The van der Waals surface area contributed by atoms with E-state index in [1.807, 2.05) is 13.0 Å². The lowest BCUT2D eigenvalue weighted by Crippen LogP contribution is -2.32. The van der Waals surface area contributed by atoms with E-state index in [2.05, 4.69) is 29.4 Å². The average molecular weight is 331 g/mol. The van der Waals surface area contributed by atoms with Crippen molar-refractivity contribution >= 4 is 17.5 Å². The van der Waals surface area contributed by atoms with Crippen LogP contribution in [0, 0.1) is 18.8 Å². The molecule has 0 aromatic heterocycles. The SMILES string of the molecule is CC(=O)Nc1ccc(C(=O)NC[C@H]2CCN(CC(C)C)C2)c(C)c1. The Labute approximate surface area is 144 Å². The molecule has 0 bridgehead atoms. The average Bonchev–Trinajstić information content (AvgIpc) is 2.91. The van der Waals surface area contributed by atoms with E-state index in [9.17, 15) is 9.59 Å². The van der Waals surface area contributed by atoms with Crippen molar-refractivity contribution in [1.82, 2.24) is 10.2 Å². The monoisotopic (exact) mass is 331 g/mol. The van der Waals surface area contributed by atoms with Gasteiger partial charge in [-0.25, -0.2) is 0 Å². The molecule has 1 aromatic rings. The van der Waals surface area contributed by atoms with Gasteiger partial charge in [0.1, 0.15) is 0 Å². The summed E-state index contributed by atoms with van der Waals surface area (Å²) in [6, 6.07) is 5.37. The zero-order valence-electron chi connectivity index (χ0n) is 15.2. The Balaban J connectivity index is 1.86. The van der Waals surface area contributed by atoms with Crippen molar-refractivity contribution in [2.45, 2.75) is 34.1 Å². The number of nitrogens with zero attached hydrogens (tertiary/aromatic N) is 1. The van der Waals surface area contributed by atoms with Crippen molar-refractivity contribution in [3.8, 4) is 0 Å². The lowest BCUT2D eigenvalue weighted by atomic mass is 10.1. The van der Waals surface area contributed by atoms with Gasteiger partial charge in [-0.05, 0) is 55.5 Å². The number of aryl methyl sites for hydroxylation is 1. The number of hydrogen-bond donors (Lipinski definition) is 2. The number of carbonyl (C=O) groups excluding carboxylic acids is 2. The van der Waals surface area contributed by atoms with Crippen molar-refractivity contribution in [2.24, 2.45) is 11.8 Å². The minimum Gasteiger partial charge on any atom is -0.352 e. The smallest absolute Gasteiger partial charge is 0.251 e. The van der Waals surface area contributed by atoms with E-state index in [1.54, 1.807) is 12.1 Å². The predicted molar refractivity (Wildman–Crippen MR) is 97.2 cm³/mol. The summed E-state index contributed by atoms with van der Waals surface area (Å²) < 4.78 is 0. The fourth-order valence-electron chi connectivity index (χ4n) is 3.29. The molecule has 1 heterocycles. The number of carbonyl (C=O) groups is 2. The molecule has 2 N–H and O–H groups in total. The van der Waals surface area contributed by atoms with Gasteiger partial charge in [0.15, 0.2) is 0 Å². The van der Waals surface area contributed by atoms with Crippen molar-refractivity contribution in [3.05, 3.63) is 29.3 Å². The Bertz CT molecular complexity index is 598. The van der Waals surface area contributed by atoms with Gasteiger partial charge in [-0.1, -0.05) is 13.8 Å². The number of nitrogens with one attached hydrogen (secondary N) is 2. The van der Waals surface area contributed by atoms with E-state index in [4.69, 9.17) is 0 Å². The van der Waals surface area contributed by atoms with Gasteiger partial charge < -0.3 is 15.5 Å². The third kappa shape index (κ3) is 5.34. The molecule has 2 rings (SSSR count). The maximum Gasteiger partial charge on any atom is 0.251 e. The molecular weight excluding hydrogens is 302 g/mol. The lowest BCUT2D eigenvalue weighted by molar-refractivity contribution is -0.114. The van der Waals surface area contributed by atoms with Crippen LogP contribution in [0.4, 0.5) is 5.69 Å². The van der Waals surface area contributed by atoms with E-state index in [1.165, 1.54) is 6.92 Å². The van der Waals surface area contributed by atoms with Gasteiger partial charge in [0.2, 0.25) is 5.91 Å². The van der Waals surface area contributed by atoms with Crippen LogP contribution in [0.1, 0.15) is 43.1 Å². The first-order valence-electron chi connectivity index (χ1n) is 8.74. The number of hydrogen-bond acceptors (Lipinski definition) is 3. The zero-order chi connectivity index (χ0) is 17.7. The molecule has 1 aliphatic heterocycles. The molecule has 1 aliphatic rings. The summed E-state index contributed by atoms with van der Waals surface area (Å²) in [4.78, 5) is 26.0. The molecule has 132 valence electrons. The molecule has 24 heavy (non-hydrogen) atoms.